The molecular weight excluding hydrogens is 162 g/mol. The van der Waals surface area contributed by atoms with Gasteiger partial charge in [-0.2, -0.15) is 5.26 Å². The van der Waals surface area contributed by atoms with Crippen LogP contribution in [0.25, 0.3) is 0 Å². The van der Waals surface area contributed by atoms with Crippen molar-refractivity contribution in [1.29, 1.82) is 5.26 Å². The van der Waals surface area contributed by atoms with Crippen LogP contribution in [0.15, 0.2) is 0 Å². The standard InChI is InChI=1S/C10H21N3/c1-10(2,3)8-13(4)6-5-9(12)7-11/h9H,5-6,8,12H2,1-4H3. The minimum atomic E-state index is -0.317. The first kappa shape index (κ1) is 12.4. The zero-order valence-electron chi connectivity index (χ0n) is 9.17. The van der Waals surface area contributed by atoms with Gasteiger partial charge in [-0.1, -0.05) is 20.8 Å². The van der Waals surface area contributed by atoms with E-state index in [1.165, 1.54) is 0 Å². The highest BCUT2D eigenvalue weighted by Gasteiger charge is 2.13. The number of hydrogen-bond acceptors (Lipinski definition) is 3. The van der Waals surface area contributed by atoms with E-state index in [0.717, 1.165) is 19.5 Å². The summed E-state index contributed by atoms with van der Waals surface area (Å²) in [6, 6.07) is 1.72. The van der Waals surface area contributed by atoms with Crippen LogP contribution in [0.2, 0.25) is 0 Å². The molecule has 13 heavy (non-hydrogen) atoms. The Morgan fingerprint density at radius 1 is 1.46 bits per heavy atom. The normalized spacial score (nSPS) is 14.2. The molecule has 0 fully saturated rings. The summed E-state index contributed by atoms with van der Waals surface area (Å²) in [6.07, 6.45) is 0.753. The van der Waals surface area contributed by atoms with E-state index in [4.69, 9.17) is 11.0 Å². The molecule has 3 heteroatoms. The van der Waals surface area contributed by atoms with Crippen LogP contribution < -0.4 is 5.73 Å². The number of hydrogen-bond donors (Lipinski definition) is 1. The molecule has 0 amide bonds. The van der Waals surface area contributed by atoms with Crippen molar-refractivity contribution >= 4 is 0 Å². The summed E-state index contributed by atoms with van der Waals surface area (Å²) in [6.45, 7) is 8.53. The molecule has 0 saturated carbocycles. The lowest BCUT2D eigenvalue weighted by atomic mass is 9.96. The predicted octanol–water partition coefficient (Wildman–Crippen LogP) is 1.21. The lowest BCUT2D eigenvalue weighted by Crippen LogP contribution is -2.33. The molecule has 0 bridgehead atoms. The van der Waals surface area contributed by atoms with Crippen molar-refractivity contribution in [3.8, 4) is 6.07 Å². The van der Waals surface area contributed by atoms with Crippen molar-refractivity contribution in [2.24, 2.45) is 11.1 Å². The summed E-state index contributed by atoms with van der Waals surface area (Å²) in [5, 5.41) is 8.49. The van der Waals surface area contributed by atoms with Crippen LogP contribution in [0, 0.1) is 16.7 Å². The second-order valence-electron chi connectivity index (χ2n) is 4.82. The first-order chi connectivity index (χ1) is 5.85. The third-order valence-electron chi connectivity index (χ3n) is 1.73. The van der Waals surface area contributed by atoms with E-state index in [2.05, 4.69) is 32.7 Å². The van der Waals surface area contributed by atoms with Crippen LogP contribution >= 0.6 is 0 Å². The van der Waals surface area contributed by atoms with Gasteiger partial charge in [-0.3, -0.25) is 0 Å². The smallest absolute Gasteiger partial charge is 0.0940 e. The Kier molecular flexibility index (Phi) is 4.97. The minimum Gasteiger partial charge on any atom is -0.316 e. The van der Waals surface area contributed by atoms with Crippen LogP contribution in [-0.4, -0.2) is 31.1 Å². The Labute approximate surface area is 81.5 Å². The van der Waals surface area contributed by atoms with E-state index in [9.17, 15) is 0 Å². The minimum absolute atomic E-state index is 0.311. The van der Waals surface area contributed by atoms with Crippen molar-refractivity contribution < 1.29 is 0 Å². The molecule has 0 spiro atoms. The first-order valence-electron chi connectivity index (χ1n) is 4.69. The van der Waals surface area contributed by atoms with Crippen molar-refractivity contribution in [3.63, 3.8) is 0 Å². The van der Waals surface area contributed by atoms with Gasteiger partial charge >= 0.3 is 0 Å². The zero-order valence-corrected chi connectivity index (χ0v) is 9.17. The fourth-order valence-corrected chi connectivity index (χ4v) is 1.31. The monoisotopic (exact) mass is 183 g/mol. The van der Waals surface area contributed by atoms with E-state index in [0.29, 0.717) is 5.41 Å². The number of nitrogens with zero attached hydrogens (tertiary/aromatic N) is 2. The molecule has 3 nitrogen and oxygen atoms in total. The highest BCUT2D eigenvalue weighted by Crippen LogP contribution is 2.14. The average Bonchev–Trinajstić information content (AvgIpc) is 1.97. The molecule has 0 rings (SSSR count). The largest absolute Gasteiger partial charge is 0.316 e. The second kappa shape index (κ2) is 5.21. The molecule has 0 aliphatic carbocycles. The van der Waals surface area contributed by atoms with Crippen LogP contribution in [0.3, 0.4) is 0 Å². The summed E-state index contributed by atoms with van der Waals surface area (Å²) in [7, 11) is 2.06. The summed E-state index contributed by atoms with van der Waals surface area (Å²) < 4.78 is 0. The van der Waals surface area contributed by atoms with Gasteiger partial charge in [0, 0.05) is 13.1 Å². The van der Waals surface area contributed by atoms with Gasteiger partial charge in [0.25, 0.3) is 0 Å². The molecule has 76 valence electrons. The third kappa shape index (κ3) is 7.76. The number of nitrogens with two attached hydrogens (primary N) is 1. The highest BCUT2D eigenvalue weighted by atomic mass is 15.1. The summed E-state index contributed by atoms with van der Waals surface area (Å²) in [5.74, 6) is 0. The van der Waals surface area contributed by atoms with Gasteiger partial charge in [-0.25, -0.2) is 0 Å². The molecule has 0 radical (unpaired) electrons. The molecule has 0 aliphatic heterocycles. The van der Waals surface area contributed by atoms with Crippen LogP contribution in [0.4, 0.5) is 0 Å². The molecule has 0 aliphatic rings. The fourth-order valence-electron chi connectivity index (χ4n) is 1.31. The lowest BCUT2D eigenvalue weighted by molar-refractivity contribution is 0.223. The van der Waals surface area contributed by atoms with Crippen molar-refractivity contribution in [3.05, 3.63) is 0 Å². The molecule has 0 aromatic carbocycles. The fraction of sp³-hybridized carbons (Fsp3) is 0.900. The van der Waals surface area contributed by atoms with Gasteiger partial charge in [-0.15, -0.1) is 0 Å². The van der Waals surface area contributed by atoms with E-state index in [1.54, 1.807) is 0 Å². The Balaban J connectivity index is 3.65. The number of rotatable bonds is 4. The molecule has 2 N–H and O–H groups in total. The van der Waals surface area contributed by atoms with Crippen molar-refractivity contribution in [1.82, 2.24) is 4.90 Å². The third-order valence-corrected chi connectivity index (χ3v) is 1.73. The number of nitriles is 1. The average molecular weight is 183 g/mol. The summed E-state index contributed by atoms with van der Waals surface area (Å²) in [5.41, 5.74) is 5.81. The molecule has 0 heterocycles. The van der Waals surface area contributed by atoms with E-state index in [-0.39, 0.29) is 6.04 Å². The predicted molar refractivity (Wildman–Crippen MR) is 55.2 cm³/mol. The zero-order chi connectivity index (χ0) is 10.5. The first-order valence-corrected chi connectivity index (χ1v) is 4.69. The van der Waals surface area contributed by atoms with Gasteiger partial charge in [0.1, 0.15) is 0 Å². The maximum atomic E-state index is 8.49. The second-order valence-corrected chi connectivity index (χ2v) is 4.82. The van der Waals surface area contributed by atoms with E-state index < -0.39 is 0 Å². The molecule has 1 unspecified atom stereocenters. The van der Waals surface area contributed by atoms with Gasteiger partial charge < -0.3 is 10.6 Å². The maximum Gasteiger partial charge on any atom is 0.0940 e. The Bertz CT molecular complexity index is 176. The van der Waals surface area contributed by atoms with Crippen molar-refractivity contribution in [2.75, 3.05) is 20.1 Å². The summed E-state index contributed by atoms with van der Waals surface area (Å²) in [4.78, 5) is 2.22. The molecule has 0 saturated heterocycles. The Morgan fingerprint density at radius 3 is 2.38 bits per heavy atom. The topological polar surface area (TPSA) is 53.0 Å². The molecule has 0 aromatic rings. The van der Waals surface area contributed by atoms with Gasteiger partial charge in [0.15, 0.2) is 0 Å². The van der Waals surface area contributed by atoms with Crippen LogP contribution in [0.5, 0.6) is 0 Å². The quantitative estimate of drug-likeness (QED) is 0.712. The van der Waals surface area contributed by atoms with Crippen LogP contribution in [0.1, 0.15) is 27.2 Å². The van der Waals surface area contributed by atoms with Gasteiger partial charge in [0.2, 0.25) is 0 Å². The summed E-state index contributed by atoms with van der Waals surface area (Å²) >= 11 is 0. The molecular formula is C10H21N3. The Morgan fingerprint density at radius 2 is 2.00 bits per heavy atom. The van der Waals surface area contributed by atoms with Gasteiger partial charge in [0.05, 0.1) is 12.1 Å². The molecule has 1 atom stereocenters. The van der Waals surface area contributed by atoms with Crippen LogP contribution in [-0.2, 0) is 0 Å². The highest BCUT2D eigenvalue weighted by molar-refractivity contribution is 4.86. The lowest BCUT2D eigenvalue weighted by Gasteiger charge is -2.26. The van der Waals surface area contributed by atoms with Gasteiger partial charge in [-0.05, 0) is 18.9 Å². The van der Waals surface area contributed by atoms with E-state index >= 15 is 0 Å². The Hall–Kier alpha value is -0.590. The van der Waals surface area contributed by atoms with Crippen molar-refractivity contribution in [2.45, 2.75) is 33.2 Å². The van der Waals surface area contributed by atoms with E-state index in [1.807, 2.05) is 6.07 Å². The molecule has 0 aromatic heterocycles. The SMILES string of the molecule is CN(CCC(N)C#N)CC(C)(C)C. The maximum absolute atomic E-state index is 8.49.